The zero-order valence-corrected chi connectivity index (χ0v) is 27.6. The van der Waals surface area contributed by atoms with Crippen LogP contribution < -0.4 is 4.57 Å². The molecule has 0 saturated carbocycles. The van der Waals surface area contributed by atoms with Crippen LogP contribution in [0.5, 0.6) is 0 Å². The van der Waals surface area contributed by atoms with E-state index in [-0.39, 0.29) is 0 Å². The second-order valence-electron chi connectivity index (χ2n) is 14.2. The van der Waals surface area contributed by atoms with Crippen LogP contribution in [0.15, 0.2) is 66.9 Å². The molecule has 0 N–H and O–H groups in total. The number of hydrogen-bond acceptors (Lipinski definition) is 0. The maximum absolute atomic E-state index is 2.59. The zero-order chi connectivity index (χ0) is 30.5. The number of aryl methyl sites for hydroxylation is 2. The van der Waals surface area contributed by atoms with Gasteiger partial charge >= 0.3 is 0 Å². The van der Waals surface area contributed by atoms with Crippen molar-refractivity contribution in [2.45, 2.75) is 86.0 Å². The standard InChI is InChI=1S/C41H45N2/c1-22(2)27-12-14-35-34(18-27)31-13-11-26(9)37-40(31)43(35)36-21-30(17-28-15-16-42(10)41(37)39(28)36)38-32(24(5)6)19-29(23(3)4)20-33(38)25(7)8/h11-25H,1-10H3/q+1. The van der Waals surface area contributed by atoms with Gasteiger partial charge < -0.3 is 4.40 Å². The van der Waals surface area contributed by atoms with Crippen LogP contribution in [-0.2, 0) is 7.05 Å². The Kier molecular flexibility index (Phi) is 6.36. The van der Waals surface area contributed by atoms with Crippen molar-refractivity contribution in [1.82, 2.24) is 4.40 Å². The van der Waals surface area contributed by atoms with E-state index >= 15 is 0 Å². The molecule has 7 aromatic rings. The number of pyridine rings is 2. The van der Waals surface area contributed by atoms with Crippen LogP contribution in [0.4, 0.5) is 0 Å². The number of hydrogen-bond donors (Lipinski definition) is 0. The third kappa shape index (κ3) is 4.02. The first kappa shape index (κ1) is 27.9. The molecule has 2 heteroatoms. The highest BCUT2D eigenvalue weighted by Crippen LogP contribution is 2.45. The molecule has 0 aliphatic rings. The van der Waals surface area contributed by atoms with Crippen molar-refractivity contribution in [2.24, 2.45) is 7.05 Å². The first-order chi connectivity index (χ1) is 20.5. The van der Waals surface area contributed by atoms with Crippen LogP contribution in [0.1, 0.15) is 107 Å². The zero-order valence-electron chi connectivity index (χ0n) is 27.6. The summed E-state index contributed by atoms with van der Waals surface area (Å²) in [5.74, 6) is 1.85. The van der Waals surface area contributed by atoms with Gasteiger partial charge in [-0.1, -0.05) is 85.7 Å². The molecule has 0 aliphatic heterocycles. The van der Waals surface area contributed by atoms with Gasteiger partial charge in [0.05, 0.1) is 27.3 Å². The molecule has 2 nitrogen and oxygen atoms in total. The molecule has 3 aromatic heterocycles. The van der Waals surface area contributed by atoms with E-state index in [1.807, 2.05) is 0 Å². The van der Waals surface area contributed by atoms with Crippen LogP contribution >= 0.6 is 0 Å². The fourth-order valence-corrected chi connectivity index (χ4v) is 7.53. The van der Waals surface area contributed by atoms with E-state index in [9.17, 15) is 0 Å². The minimum atomic E-state index is 0.430. The molecule has 0 amide bonds. The summed E-state index contributed by atoms with van der Waals surface area (Å²) in [6.45, 7) is 20.9. The molecule has 0 fully saturated rings. The Morgan fingerprint density at radius 2 is 1.28 bits per heavy atom. The Bertz CT molecular complexity index is 2170. The molecule has 0 atom stereocenters. The van der Waals surface area contributed by atoms with Gasteiger partial charge in [0.1, 0.15) is 7.05 Å². The first-order valence-electron chi connectivity index (χ1n) is 16.2. The van der Waals surface area contributed by atoms with E-state index in [1.165, 1.54) is 87.9 Å². The molecule has 43 heavy (non-hydrogen) atoms. The van der Waals surface area contributed by atoms with Gasteiger partial charge in [-0.05, 0) is 99.2 Å². The van der Waals surface area contributed by atoms with Crippen molar-refractivity contribution in [3.05, 3.63) is 94.7 Å². The van der Waals surface area contributed by atoms with Crippen molar-refractivity contribution < 1.29 is 4.57 Å². The van der Waals surface area contributed by atoms with Gasteiger partial charge in [0, 0.05) is 16.8 Å². The number of rotatable bonds is 5. The fraction of sp³-hybridized carbons (Fsp3) is 0.341. The van der Waals surface area contributed by atoms with Gasteiger partial charge in [-0.2, -0.15) is 0 Å². The molecular weight excluding hydrogens is 520 g/mol. The third-order valence-electron chi connectivity index (χ3n) is 9.94. The van der Waals surface area contributed by atoms with Gasteiger partial charge in [-0.3, -0.25) is 0 Å². The number of nitrogens with zero attached hydrogens (tertiary/aromatic N) is 2. The molecule has 218 valence electrons. The van der Waals surface area contributed by atoms with E-state index < -0.39 is 0 Å². The summed E-state index contributed by atoms with van der Waals surface area (Å²) >= 11 is 0. The molecule has 4 aromatic carbocycles. The number of aromatic nitrogens is 2. The number of fused-ring (bicyclic) bond motifs is 5. The van der Waals surface area contributed by atoms with Crippen LogP contribution in [-0.4, -0.2) is 4.40 Å². The van der Waals surface area contributed by atoms with E-state index in [2.05, 4.69) is 145 Å². The van der Waals surface area contributed by atoms with E-state index in [0.717, 1.165) is 0 Å². The third-order valence-corrected chi connectivity index (χ3v) is 9.94. The minimum absolute atomic E-state index is 0.430. The monoisotopic (exact) mass is 565 g/mol. The molecule has 3 heterocycles. The lowest BCUT2D eigenvalue weighted by molar-refractivity contribution is -0.643. The lowest BCUT2D eigenvalue weighted by Crippen LogP contribution is -2.28. The second-order valence-corrected chi connectivity index (χ2v) is 14.2. The van der Waals surface area contributed by atoms with Crippen molar-refractivity contribution in [2.75, 3.05) is 0 Å². The normalized spacial score (nSPS) is 12.8. The molecule has 0 unspecified atom stereocenters. The average molecular weight is 566 g/mol. The van der Waals surface area contributed by atoms with Crippen LogP contribution in [0.25, 0.3) is 60.1 Å². The smallest absolute Gasteiger partial charge is 0.224 e. The van der Waals surface area contributed by atoms with Crippen LogP contribution in [0.2, 0.25) is 0 Å². The Labute approximate surface area is 256 Å². The summed E-state index contributed by atoms with van der Waals surface area (Å²) in [5.41, 5.74) is 15.1. The maximum Gasteiger partial charge on any atom is 0.224 e. The van der Waals surface area contributed by atoms with Crippen LogP contribution in [0.3, 0.4) is 0 Å². The molecule has 0 radical (unpaired) electrons. The molecule has 0 aliphatic carbocycles. The van der Waals surface area contributed by atoms with E-state index in [0.29, 0.717) is 23.7 Å². The van der Waals surface area contributed by atoms with Gasteiger partial charge in [0.2, 0.25) is 5.52 Å². The predicted octanol–water partition coefficient (Wildman–Crippen LogP) is 11.3. The lowest BCUT2D eigenvalue weighted by Gasteiger charge is -2.24. The van der Waals surface area contributed by atoms with Gasteiger partial charge in [-0.15, -0.1) is 0 Å². The topological polar surface area (TPSA) is 8.29 Å². The molecule has 0 saturated heterocycles. The van der Waals surface area contributed by atoms with Crippen LogP contribution in [0, 0.1) is 6.92 Å². The minimum Gasteiger partial charge on any atom is -0.307 e. The maximum atomic E-state index is 2.59. The lowest BCUT2D eigenvalue weighted by atomic mass is 9.81. The summed E-state index contributed by atoms with van der Waals surface area (Å²) in [6, 6.07) is 24.1. The highest BCUT2D eigenvalue weighted by molar-refractivity contribution is 6.26. The second kappa shape index (κ2) is 9.81. The van der Waals surface area contributed by atoms with Crippen molar-refractivity contribution in [3.8, 4) is 11.1 Å². The Hall–Kier alpha value is -3.91. The van der Waals surface area contributed by atoms with Crippen molar-refractivity contribution in [1.29, 1.82) is 0 Å². The number of benzene rings is 4. The summed E-state index contributed by atoms with van der Waals surface area (Å²) in [5, 5.41) is 6.71. The SMILES string of the molecule is Cc1ccc2c3cc(C(C)C)ccc3n3c4cc(-c5c(C(C)C)cc(C(C)C)cc5C(C)C)cc5cc[n+](C)c(c1c23)c54. The predicted molar refractivity (Wildman–Crippen MR) is 186 cm³/mol. The molecule has 0 spiro atoms. The van der Waals surface area contributed by atoms with E-state index in [4.69, 9.17) is 0 Å². The van der Waals surface area contributed by atoms with Gasteiger partial charge in [0.15, 0.2) is 6.20 Å². The fourth-order valence-electron chi connectivity index (χ4n) is 7.53. The summed E-state index contributed by atoms with van der Waals surface area (Å²) in [4.78, 5) is 0. The Morgan fingerprint density at radius 3 is 1.91 bits per heavy atom. The summed E-state index contributed by atoms with van der Waals surface area (Å²) in [6.07, 6.45) is 2.26. The largest absolute Gasteiger partial charge is 0.307 e. The van der Waals surface area contributed by atoms with Gasteiger partial charge in [-0.25, -0.2) is 4.57 Å². The molecule has 0 bridgehead atoms. The quantitative estimate of drug-likeness (QED) is 0.111. The Morgan fingerprint density at radius 1 is 0.605 bits per heavy atom. The van der Waals surface area contributed by atoms with Crippen molar-refractivity contribution in [3.63, 3.8) is 0 Å². The van der Waals surface area contributed by atoms with Crippen molar-refractivity contribution >= 4 is 49.0 Å². The summed E-state index contributed by atoms with van der Waals surface area (Å²) in [7, 11) is 2.21. The highest BCUT2D eigenvalue weighted by atomic mass is 15.0. The molecular formula is C41H45N2+. The average Bonchev–Trinajstić information content (AvgIpc) is 3.30. The Balaban J connectivity index is 1.72. The van der Waals surface area contributed by atoms with E-state index in [1.54, 1.807) is 0 Å². The highest BCUT2D eigenvalue weighted by Gasteiger charge is 2.26. The summed E-state index contributed by atoms with van der Waals surface area (Å²) < 4.78 is 4.92. The molecule has 7 rings (SSSR count). The first-order valence-corrected chi connectivity index (χ1v) is 16.2. The van der Waals surface area contributed by atoms with Gasteiger partial charge in [0.25, 0.3) is 0 Å².